The van der Waals surface area contributed by atoms with Crippen LogP contribution in [0, 0.1) is 6.92 Å². The van der Waals surface area contributed by atoms with E-state index in [-0.39, 0.29) is 17.3 Å². The van der Waals surface area contributed by atoms with Gasteiger partial charge in [0, 0.05) is 12.1 Å². The molecule has 0 aliphatic rings. The van der Waals surface area contributed by atoms with E-state index in [4.69, 9.17) is 9.47 Å². The number of sulfonamides is 1. The second-order valence-corrected chi connectivity index (χ2v) is 13.9. The number of ether oxygens (including phenoxy) is 2. The van der Waals surface area contributed by atoms with Crippen molar-refractivity contribution in [3.8, 4) is 11.5 Å². The summed E-state index contributed by atoms with van der Waals surface area (Å²) < 4.78 is 40.3. The lowest BCUT2D eigenvalue weighted by molar-refractivity contribution is -0.141. The molecule has 0 spiro atoms. The lowest BCUT2D eigenvalue weighted by atomic mass is 10.1. The molecule has 1 N–H and O–H groups in total. The standard InChI is InChI=1S/C32H40BrN3O6S/c1-8-28(31(38)34-32(3,4)5)35(20-23-11-15-25(41-6)16-12-23)30(37)21-36(24-13-9-22(2)10-14-24)43(39,40)26-17-18-29(42-7)27(33)19-26/h9-19,28H,8,20-21H2,1-7H3,(H,34,38). The van der Waals surface area contributed by atoms with Crippen LogP contribution < -0.4 is 19.1 Å². The highest BCUT2D eigenvalue weighted by atomic mass is 79.9. The van der Waals surface area contributed by atoms with Crippen LogP contribution in [0.25, 0.3) is 0 Å². The average Bonchev–Trinajstić information content (AvgIpc) is 2.95. The number of benzene rings is 3. The van der Waals surface area contributed by atoms with Gasteiger partial charge in [-0.1, -0.05) is 36.8 Å². The summed E-state index contributed by atoms with van der Waals surface area (Å²) >= 11 is 3.37. The minimum atomic E-state index is -4.22. The second-order valence-electron chi connectivity index (χ2n) is 11.2. The lowest BCUT2D eigenvalue weighted by Gasteiger charge is -2.34. The second kappa shape index (κ2) is 14.3. The Kier molecular flexibility index (Phi) is 11.3. The molecule has 0 radical (unpaired) electrons. The van der Waals surface area contributed by atoms with Crippen molar-refractivity contribution in [3.63, 3.8) is 0 Å². The van der Waals surface area contributed by atoms with Gasteiger partial charge in [0.05, 0.1) is 29.3 Å². The normalized spacial score (nSPS) is 12.3. The summed E-state index contributed by atoms with van der Waals surface area (Å²) in [6.45, 7) is 8.89. The highest BCUT2D eigenvalue weighted by Crippen LogP contribution is 2.31. The fourth-order valence-corrected chi connectivity index (χ4v) is 6.61. The molecule has 0 saturated heterocycles. The van der Waals surface area contributed by atoms with Crippen molar-refractivity contribution in [3.05, 3.63) is 82.3 Å². The van der Waals surface area contributed by atoms with Crippen molar-refractivity contribution in [1.82, 2.24) is 10.2 Å². The van der Waals surface area contributed by atoms with Gasteiger partial charge < -0.3 is 19.7 Å². The fraction of sp³-hybridized carbons (Fsp3) is 0.375. The Labute approximate surface area is 263 Å². The Morgan fingerprint density at radius 1 is 0.953 bits per heavy atom. The van der Waals surface area contributed by atoms with E-state index in [1.165, 1.54) is 24.1 Å². The Morgan fingerprint density at radius 2 is 1.58 bits per heavy atom. The summed E-state index contributed by atoms with van der Waals surface area (Å²) in [7, 11) is -1.17. The molecule has 3 aromatic rings. The van der Waals surface area contributed by atoms with Crippen molar-refractivity contribution < 1.29 is 27.5 Å². The quantitative estimate of drug-likeness (QED) is 0.265. The summed E-state index contributed by atoms with van der Waals surface area (Å²) in [5.74, 6) is 0.281. The van der Waals surface area contributed by atoms with Crippen LogP contribution >= 0.6 is 15.9 Å². The molecule has 0 fully saturated rings. The highest BCUT2D eigenvalue weighted by molar-refractivity contribution is 9.10. The van der Waals surface area contributed by atoms with Crippen molar-refractivity contribution in [1.29, 1.82) is 0 Å². The van der Waals surface area contributed by atoms with Crippen molar-refractivity contribution in [2.24, 2.45) is 0 Å². The van der Waals surface area contributed by atoms with Gasteiger partial charge in [0.15, 0.2) is 0 Å². The summed E-state index contributed by atoms with van der Waals surface area (Å²) in [5, 5.41) is 2.97. The fourth-order valence-electron chi connectivity index (χ4n) is 4.47. The van der Waals surface area contributed by atoms with E-state index < -0.39 is 34.1 Å². The lowest BCUT2D eigenvalue weighted by Crippen LogP contribution is -2.55. The molecule has 0 aliphatic heterocycles. The molecule has 0 heterocycles. The monoisotopic (exact) mass is 673 g/mol. The van der Waals surface area contributed by atoms with E-state index in [0.717, 1.165) is 15.4 Å². The Balaban J connectivity index is 2.09. The van der Waals surface area contributed by atoms with Crippen molar-refractivity contribution in [2.45, 2.75) is 64.1 Å². The molecule has 0 bridgehead atoms. The number of aryl methyl sites for hydroxylation is 1. The predicted molar refractivity (Wildman–Crippen MR) is 172 cm³/mol. The number of methoxy groups -OCH3 is 2. The summed E-state index contributed by atoms with van der Waals surface area (Å²) in [4.78, 5) is 29.1. The number of hydrogen-bond acceptors (Lipinski definition) is 6. The van der Waals surface area contributed by atoms with Gasteiger partial charge in [-0.3, -0.25) is 13.9 Å². The number of amides is 2. The molecule has 9 nitrogen and oxygen atoms in total. The molecule has 11 heteroatoms. The SMILES string of the molecule is CCC(C(=O)NC(C)(C)C)N(Cc1ccc(OC)cc1)C(=O)CN(c1ccc(C)cc1)S(=O)(=O)c1ccc(OC)c(Br)c1. The largest absolute Gasteiger partial charge is 0.497 e. The molecule has 0 aromatic heterocycles. The minimum absolute atomic E-state index is 0.0206. The molecule has 2 amide bonds. The van der Waals surface area contributed by atoms with Crippen molar-refractivity contribution in [2.75, 3.05) is 25.1 Å². The first-order valence-corrected chi connectivity index (χ1v) is 16.1. The Hall–Kier alpha value is -3.57. The molecule has 0 aliphatic carbocycles. The van der Waals surface area contributed by atoms with E-state index in [2.05, 4.69) is 21.2 Å². The number of carbonyl (C=O) groups is 2. The van der Waals surface area contributed by atoms with Crippen molar-refractivity contribution >= 4 is 43.5 Å². The number of nitrogens with zero attached hydrogens (tertiary/aromatic N) is 2. The van der Waals surface area contributed by atoms with Crippen LogP contribution in [0.1, 0.15) is 45.2 Å². The zero-order valence-electron chi connectivity index (χ0n) is 25.7. The third-order valence-corrected chi connectivity index (χ3v) is 9.10. The van der Waals surface area contributed by atoms with E-state index in [9.17, 15) is 18.0 Å². The maximum absolute atomic E-state index is 14.2. The van der Waals surface area contributed by atoms with Gasteiger partial charge in [-0.05, 0) is 98.1 Å². The first-order chi connectivity index (χ1) is 20.2. The molecule has 3 aromatic carbocycles. The number of nitrogens with one attached hydrogen (secondary N) is 1. The molecule has 3 rings (SSSR count). The minimum Gasteiger partial charge on any atom is -0.497 e. The Morgan fingerprint density at radius 3 is 2.09 bits per heavy atom. The van der Waals surface area contributed by atoms with Gasteiger partial charge in [0.2, 0.25) is 11.8 Å². The van der Waals surface area contributed by atoms with Crippen LogP contribution in [0.4, 0.5) is 5.69 Å². The first-order valence-electron chi connectivity index (χ1n) is 13.9. The zero-order valence-corrected chi connectivity index (χ0v) is 28.1. The number of anilines is 1. The summed E-state index contributed by atoms with van der Waals surface area (Å²) in [6, 6.07) is 17.7. The molecule has 1 unspecified atom stereocenters. The maximum Gasteiger partial charge on any atom is 0.264 e. The summed E-state index contributed by atoms with van der Waals surface area (Å²) in [6.07, 6.45) is 0.326. The van der Waals surface area contributed by atoms with E-state index >= 15 is 0 Å². The van der Waals surface area contributed by atoms with Gasteiger partial charge in [-0.25, -0.2) is 8.42 Å². The van der Waals surface area contributed by atoms with Gasteiger partial charge in [0.25, 0.3) is 10.0 Å². The highest BCUT2D eigenvalue weighted by Gasteiger charge is 2.34. The van der Waals surface area contributed by atoms with Gasteiger partial charge >= 0.3 is 0 Å². The van der Waals surface area contributed by atoms with Crippen LogP contribution in [0.3, 0.4) is 0 Å². The Bertz CT molecular complexity index is 1520. The van der Waals surface area contributed by atoms with E-state index in [1.54, 1.807) is 49.6 Å². The third kappa shape index (κ3) is 8.73. The van der Waals surface area contributed by atoms with E-state index in [0.29, 0.717) is 28.1 Å². The van der Waals surface area contributed by atoms with Crippen LogP contribution in [0.15, 0.2) is 76.1 Å². The number of rotatable bonds is 12. The molecule has 1 atom stereocenters. The molecule has 0 saturated carbocycles. The van der Waals surface area contributed by atoms with Gasteiger partial charge in [0.1, 0.15) is 24.1 Å². The van der Waals surface area contributed by atoms with Crippen LogP contribution in [0.2, 0.25) is 0 Å². The van der Waals surface area contributed by atoms with Crippen LogP contribution in [0.5, 0.6) is 11.5 Å². The van der Waals surface area contributed by atoms with Gasteiger partial charge in [-0.15, -0.1) is 0 Å². The topological polar surface area (TPSA) is 105 Å². The molecule has 232 valence electrons. The number of halogens is 1. The molecular weight excluding hydrogens is 634 g/mol. The van der Waals surface area contributed by atoms with E-state index in [1.807, 2.05) is 46.8 Å². The zero-order chi connectivity index (χ0) is 31.9. The predicted octanol–water partition coefficient (Wildman–Crippen LogP) is 5.69. The number of hydrogen-bond donors (Lipinski definition) is 1. The van der Waals surface area contributed by atoms with Crippen LogP contribution in [-0.4, -0.2) is 57.5 Å². The third-order valence-electron chi connectivity index (χ3n) is 6.71. The first kappa shape index (κ1) is 33.9. The van der Waals surface area contributed by atoms with Gasteiger partial charge in [-0.2, -0.15) is 0 Å². The summed E-state index contributed by atoms with van der Waals surface area (Å²) in [5.41, 5.74) is 1.49. The molecule has 43 heavy (non-hydrogen) atoms. The number of carbonyl (C=O) groups excluding carboxylic acids is 2. The maximum atomic E-state index is 14.2. The smallest absolute Gasteiger partial charge is 0.264 e. The van der Waals surface area contributed by atoms with Crippen LogP contribution in [-0.2, 0) is 26.2 Å². The average molecular weight is 675 g/mol. The molecular formula is C32H40BrN3O6S.